The van der Waals surface area contributed by atoms with E-state index < -0.39 is 8.07 Å². The maximum atomic E-state index is 9.37. The van der Waals surface area contributed by atoms with Crippen LogP contribution in [0.25, 0.3) is 0 Å². The molecule has 2 heteroatoms. The largest absolute Gasteiger partial charge is 0.392 e. The summed E-state index contributed by atoms with van der Waals surface area (Å²) in [6, 6.07) is 8.30. The first-order chi connectivity index (χ1) is 6.80. The van der Waals surface area contributed by atoms with Gasteiger partial charge in [-0.3, -0.25) is 0 Å². The molecule has 0 atom stereocenters. The van der Waals surface area contributed by atoms with E-state index in [0.29, 0.717) is 5.04 Å². The number of benzene rings is 1. The van der Waals surface area contributed by atoms with Crippen molar-refractivity contribution in [2.75, 3.05) is 0 Å². The Morgan fingerprint density at radius 3 is 2.13 bits per heavy atom. The maximum absolute atomic E-state index is 9.37. The lowest BCUT2D eigenvalue weighted by Gasteiger charge is -2.38. The molecule has 1 N–H and O–H groups in total. The number of hydrogen-bond acceptors (Lipinski definition) is 1. The molecule has 0 amide bonds. The second-order valence-corrected chi connectivity index (χ2v) is 11.0. The molecule has 0 unspecified atom stereocenters. The van der Waals surface area contributed by atoms with Crippen LogP contribution in [-0.2, 0) is 6.61 Å². The van der Waals surface area contributed by atoms with Crippen molar-refractivity contribution >= 4 is 13.3 Å². The number of aliphatic hydroxyl groups is 1. The van der Waals surface area contributed by atoms with Crippen molar-refractivity contribution in [2.24, 2.45) is 0 Å². The maximum Gasteiger partial charge on any atom is 0.0863 e. The minimum absolute atomic E-state index is 0.155. The molecule has 1 nitrogen and oxygen atoms in total. The van der Waals surface area contributed by atoms with Crippen molar-refractivity contribution in [1.82, 2.24) is 0 Å². The molecule has 0 aliphatic carbocycles. The van der Waals surface area contributed by atoms with Gasteiger partial charge in [0.2, 0.25) is 0 Å². The van der Waals surface area contributed by atoms with Crippen LogP contribution in [0.5, 0.6) is 0 Å². The standard InChI is InChI=1S/C13H22OSi/c1-13(2,3)15(4,5)12-9-7-6-8-11(12)10-14/h6-9,14H,10H2,1-5H3. The SMILES string of the molecule is CC(C)(C)[Si](C)(C)c1ccccc1CO. The summed E-state index contributed by atoms with van der Waals surface area (Å²) in [4.78, 5) is 0. The highest BCUT2D eigenvalue weighted by atomic mass is 28.3. The van der Waals surface area contributed by atoms with Gasteiger partial charge in [-0.05, 0) is 10.6 Å². The first kappa shape index (κ1) is 12.5. The zero-order valence-corrected chi connectivity index (χ0v) is 11.5. The fourth-order valence-electron chi connectivity index (χ4n) is 1.67. The van der Waals surface area contributed by atoms with Crippen LogP contribution in [-0.4, -0.2) is 13.2 Å². The van der Waals surface area contributed by atoms with Gasteiger partial charge >= 0.3 is 0 Å². The smallest absolute Gasteiger partial charge is 0.0863 e. The lowest BCUT2D eigenvalue weighted by atomic mass is 10.2. The third-order valence-electron chi connectivity index (χ3n) is 3.74. The zero-order chi connectivity index (χ0) is 11.7. The van der Waals surface area contributed by atoms with Crippen LogP contribution in [0.3, 0.4) is 0 Å². The highest BCUT2D eigenvalue weighted by Gasteiger charge is 2.37. The number of hydrogen-bond donors (Lipinski definition) is 1. The van der Waals surface area contributed by atoms with E-state index in [1.807, 2.05) is 12.1 Å². The van der Waals surface area contributed by atoms with Gasteiger partial charge in [-0.1, -0.05) is 63.3 Å². The molecule has 0 radical (unpaired) electrons. The molecule has 0 heterocycles. The van der Waals surface area contributed by atoms with Crippen LogP contribution >= 0.6 is 0 Å². The van der Waals surface area contributed by atoms with Gasteiger partial charge in [-0.15, -0.1) is 0 Å². The Hall–Kier alpha value is -0.603. The molecule has 0 aliphatic heterocycles. The van der Waals surface area contributed by atoms with Crippen LogP contribution < -0.4 is 5.19 Å². The van der Waals surface area contributed by atoms with E-state index in [2.05, 4.69) is 46.0 Å². The summed E-state index contributed by atoms with van der Waals surface area (Å²) in [7, 11) is -1.51. The van der Waals surface area contributed by atoms with Gasteiger partial charge in [-0.25, -0.2) is 0 Å². The topological polar surface area (TPSA) is 20.2 Å². The molecular weight excluding hydrogens is 200 g/mol. The van der Waals surface area contributed by atoms with Gasteiger partial charge in [0, 0.05) is 0 Å². The quantitative estimate of drug-likeness (QED) is 0.763. The molecule has 1 aromatic carbocycles. The summed E-state index contributed by atoms with van der Waals surface area (Å²) in [5.74, 6) is 0. The molecule has 0 aromatic heterocycles. The highest BCUT2D eigenvalue weighted by Crippen LogP contribution is 2.36. The summed E-state index contributed by atoms with van der Waals surface area (Å²) in [5.41, 5.74) is 1.10. The first-order valence-electron chi connectivity index (χ1n) is 5.50. The molecule has 1 rings (SSSR count). The molecule has 84 valence electrons. The van der Waals surface area contributed by atoms with E-state index in [1.54, 1.807) is 0 Å². The highest BCUT2D eigenvalue weighted by molar-refractivity contribution is 6.92. The Kier molecular flexibility index (Phi) is 3.41. The van der Waals surface area contributed by atoms with E-state index in [4.69, 9.17) is 0 Å². The molecule has 15 heavy (non-hydrogen) atoms. The van der Waals surface area contributed by atoms with Crippen LogP contribution in [0.15, 0.2) is 24.3 Å². The van der Waals surface area contributed by atoms with Gasteiger partial charge in [0.25, 0.3) is 0 Å². The van der Waals surface area contributed by atoms with Crippen molar-refractivity contribution < 1.29 is 5.11 Å². The summed E-state index contributed by atoms with van der Waals surface area (Å²) in [6.45, 7) is 11.8. The van der Waals surface area contributed by atoms with Gasteiger partial charge in [0.1, 0.15) is 0 Å². The van der Waals surface area contributed by atoms with Crippen LogP contribution in [0, 0.1) is 0 Å². The molecule has 1 aromatic rings. The third kappa shape index (κ3) is 2.32. The molecule has 0 aliphatic rings. The van der Waals surface area contributed by atoms with Gasteiger partial charge in [0.05, 0.1) is 14.7 Å². The number of rotatable bonds is 2. The Bertz CT molecular complexity index is 337. The van der Waals surface area contributed by atoms with Gasteiger partial charge in [0.15, 0.2) is 0 Å². The lowest BCUT2D eigenvalue weighted by molar-refractivity contribution is 0.282. The second-order valence-electron chi connectivity index (χ2n) is 5.69. The number of aliphatic hydroxyl groups excluding tert-OH is 1. The van der Waals surface area contributed by atoms with E-state index in [1.165, 1.54) is 5.19 Å². The van der Waals surface area contributed by atoms with E-state index in [0.717, 1.165) is 5.56 Å². The van der Waals surface area contributed by atoms with Gasteiger partial charge in [-0.2, -0.15) is 0 Å². The Labute approximate surface area is 94.2 Å². The van der Waals surface area contributed by atoms with Crippen molar-refractivity contribution in [3.05, 3.63) is 29.8 Å². The predicted molar refractivity (Wildman–Crippen MR) is 69.2 cm³/mol. The van der Waals surface area contributed by atoms with Crippen LogP contribution in [0.2, 0.25) is 18.1 Å². The van der Waals surface area contributed by atoms with E-state index in [-0.39, 0.29) is 6.61 Å². The molecule has 0 saturated carbocycles. The Morgan fingerprint density at radius 2 is 1.67 bits per heavy atom. The van der Waals surface area contributed by atoms with Crippen molar-refractivity contribution in [3.63, 3.8) is 0 Å². The molecule has 0 fully saturated rings. The van der Waals surface area contributed by atoms with Crippen molar-refractivity contribution in [3.8, 4) is 0 Å². The third-order valence-corrected chi connectivity index (χ3v) is 9.32. The van der Waals surface area contributed by atoms with Crippen LogP contribution in [0.1, 0.15) is 26.3 Å². The Morgan fingerprint density at radius 1 is 1.13 bits per heavy atom. The van der Waals surface area contributed by atoms with Crippen molar-refractivity contribution in [2.45, 2.75) is 45.5 Å². The van der Waals surface area contributed by atoms with E-state index in [9.17, 15) is 5.11 Å². The minimum Gasteiger partial charge on any atom is -0.392 e. The Balaban J connectivity index is 3.26. The first-order valence-corrected chi connectivity index (χ1v) is 8.50. The summed E-state index contributed by atoms with van der Waals surface area (Å²) < 4.78 is 0. The zero-order valence-electron chi connectivity index (χ0n) is 10.5. The minimum atomic E-state index is -1.51. The molecule has 0 bridgehead atoms. The fourth-order valence-corrected chi connectivity index (χ4v) is 3.96. The summed E-state index contributed by atoms with van der Waals surface area (Å²) >= 11 is 0. The normalized spacial score (nSPS) is 12.9. The van der Waals surface area contributed by atoms with Gasteiger partial charge < -0.3 is 5.11 Å². The predicted octanol–water partition coefficient (Wildman–Crippen LogP) is 2.89. The lowest BCUT2D eigenvalue weighted by Crippen LogP contribution is -2.50. The molecular formula is C13H22OSi. The molecule has 0 saturated heterocycles. The second kappa shape index (κ2) is 4.10. The molecule has 0 spiro atoms. The van der Waals surface area contributed by atoms with Crippen molar-refractivity contribution in [1.29, 1.82) is 0 Å². The summed E-state index contributed by atoms with van der Waals surface area (Å²) in [6.07, 6.45) is 0. The average Bonchev–Trinajstić information content (AvgIpc) is 2.16. The average molecular weight is 222 g/mol. The monoisotopic (exact) mass is 222 g/mol. The fraction of sp³-hybridized carbons (Fsp3) is 0.538. The van der Waals surface area contributed by atoms with Crippen LogP contribution in [0.4, 0.5) is 0 Å². The summed E-state index contributed by atoms with van der Waals surface area (Å²) in [5, 5.41) is 11.1. The van der Waals surface area contributed by atoms with E-state index >= 15 is 0 Å².